The van der Waals surface area contributed by atoms with Gasteiger partial charge in [0.05, 0.1) is 44.6 Å². The van der Waals surface area contributed by atoms with Gasteiger partial charge in [-0.05, 0) is 193 Å². The number of fused-ring (bicyclic) bond motifs is 3. The summed E-state index contributed by atoms with van der Waals surface area (Å²) in [6.45, 7) is 22.5. The van der Waals surface area contributed by atoms with Crippen LogP contribution in [0.1, 0.15) is 176 Å². The molecule has 508 valence electrons. The number of esters is 5. The van der Waals surface area contributed by atoms with Crippen LogP contribution in [-0.4, -0.2) is 94.9 Å². The van der Waals surface area contributed by atoms with Crippen molar-refractivity contribution in [3.05, 3.63) is 150 Å². The molecule has 3 heterocycles. The van der Waals surface area contributed by atoms with Crippen LogP contribution in [0.2, 0.25) is 0 Å². The molecule has 20 heteroatoms. The maximum absolute atomic E-state index is 13.0. The molecule has 5 aromatic rings. The first-order valence-electron chi connectivity index (χ1n) is 32.2. The predicted octanol–water partition coefficient (Wildman–Crippen LogP) is 14.7. The van der Waals surface area contributed by atoms with E-state index in [2.05, 4.69) is 114 Å². The predicted molar refractivity (Wildman–Crippen MR) is 349 cm³/mol. The largest absolute Gasteiger partial charge is 0.743 e. The van der Waals surface area contributed by atoms with E-state index in [1.165, 1.54) is 58.2 Å². The average molecular weight is 1330 g/mol. The first-order valence-corrected chi connectivity index (χ1v) is 34.8. The fourth-order valence-corrected chi connectivity index (χ4v) is 13.0. The zero-order valence-corrected chi connectivity index (χ0v) is 57.5. The Morgan fingerprint density at radius 1 is 0.602 bits per heavy atom. The number of hydrogen-bond acceptors (Lipinski definition) is 16. The molecular weight excluding hydrogens is 1230 g/mol. The molecule has 8 atom stereocenters. The normalized spacial score (nSPS) is 20.9. The lowest BCUT2D eigenvalue weighted by molar-refractivity contribution is -0.170. The van der Waals surface area contributed by atoms with Crippen LogP contribution in [-0.2, 0) is 92.7 Å². The number of aromatic hydroxyl groups is 2. The van der Waals surface area contributed by atoms with Crippen molar-refractivity contribution in [3.63, 3.8) is 0 Å². The third-order valence-electron chi connectivity index (χ3n) is 18.4. The van der Waals surface area contributed by atoms with Crippen molar-refractivity contribution in [1.29, 1.82) is 0 Å². The number of aryl methyl sites for hydroxylation is 1. The van der Waals surface area contributed by atoms with Crippen molar-refractivity contribution in [1.82, 2.24) is 0 Å². The molecule has 0 radical (unpaired) electrons. The zero-order valence-electron chi connectivity index (χ0n) is 55.9. The number of phenolic OH excluding ortho intramolecular Hbond substituents is 2. The summed E-state index contributed by atoms with van der Waals surface area (Å²) in [6, 6.07) is 43.5. The fourth-order valence-electron chi connectivity index (χ4n) is 10.4. The molecule has 0 spiro atoms. The Kier molecular flexibility index (Phi) is 25.9. The molecule has 93 heavy (non-hydrogen) atoms. The highest BCUT2D eigenvalue weighted by atomic mass is 32.2. The summed E-state index contributed by atoms with van der Waals surface area (Å²) in [5, 5.41) is 15.1. The first-order chi connectivity index (χ1) is 43.6. The van der Waals surface area contributed by atoms with Crippen LogP contribution in [0.3, 0.4) is 0 Å². The number of ether oxygens (including phenoxy) is 6. The lowest BCUT2D eigenvalue weighted by Gasteiger charge is -2.29. The summed E-state index contributed by atoms with van der Waals surface area (Å²) < 4.78 is 89.1. The number of hydrogen-bond donors (Lipinski definition) is 2. The van der Waals surface area contributed by atoms with Gasteiger partial charge in [-0.15, -0.1) is 0 Å². The highest BCUT2D eigenvalue weighted by Crippen LogP contribution is 2.48. The number of carbonyl (C=O) groups excluding carboxylic acids is 5. The number of halogens is 2. The zero-order chi connectivity index (χ0) is 68.9. The molecule has 0 saturated carbocycles. The van der Waals surface area contributed by atoms with Crippen LogP contribution in [0.15, 0.2) is 142 Å². The van der Waals surface area contributed by atoms with Crippen molar-refractivity contribution in [2.24, 2.45) is 27.6 Å². The van der Waals surface area contributed by atoms with Crippen molar-refractivity contribution >= 4 is 50.9 Å². The molecule has 16 nitrogen and oxygen atoms in total. The van der Waals surface area contributed by atoms with E-state index in [4.69, 9.17) is 23.7 Å². The van der Waals surface area contributed by atoms with Crippen molar-refractivity contribution in [3.8, 4) is 11.5 Å². The molecule has 5 aliphatic rings. The van der Waals surface area contributed by atoms with E-state index in [9.17, 15) is 55.9 Å². The van der Waals surface area contributed by atoms with Crippen molar-refractivity contribution < 1.29 is 84.4 Å². The standard InChI is InChI=1S/C18H15S.C17H24O2.C16H22O4.C13H18O5.C9H16F2O5S/c1-4-10-16(11-5-1)19(17-12-6-2-7-13-17)18-14-8-3-9-15-18;1-4-17(2,3)16(18)19-15-12-8-6-10-13-9-5-7-11-14(13)15;1-4-16(2,3)15(19)20-10-5-6-11-12(9-10)14(18)8-7-13(11)17;1-4-13(2,3)12(15)18-9-7-5-6-8(16-7)10(9)17-11(6)14;1-5-8(3,4)7(12)16-6(2)9(10,11)17(13,14)15/h1-15H;5,7,9,11,15H,4,6,8,10,12H2,1-3H3;7-8,10,17-18H,4-6,9H2,1-3H3;6-10H,4-5H2,1-3H3;6H,5H2,1-4H3,(H,13,14,15)/q+1;;;;/p-1. The van der Waals surface area contributed by atoms with E-state index in [1.807, 2.05) is 68.4 Å². The minimum atomic E-state index is -5.86. The summed E-state index contributed by atoms with van der Waals surface area (Å²) in [5.41, 5.74) is 1.62. The van der Waals surface area contributed by atoms with E-state index < -0.39 is 55.9 Å². The Balaban J connectivity index is 0.000000185. The van der Waals surface area contributed by atoms with Gasteiger partial charge in [0.2, 0.25) is 0 Å². The molecule has 0 aromatic heterocycles. The third-order valence-corrected chi connectivity index (χ3v) is 21.6. The Labute approximate surface area is 550 Å². The topological polar surface area (TPSA) is 238 Å². The number of phenols is 2. The van der Waals surface area contributed by atoms with Crippen LogP contribution in [0.5, 0.6) is 11.5 Å². The summed E-state index contributed by atoms with van der Waals surface area (Å²) in [4.78, 5) is 63.5. The highest BCUT2D eigenvalue weighted by molar-refractivity contribution is 7.97. The Morgan fingerprint density at radius 2 is 1.05 bits per heavy atom. The van der Waals surface area contributed by atoms with Gasteiger partial charge in [-0.3, -0.25) is 24.0 Å². The van der Waals surface area contributed by atoms with E-state index in [0.29, 0.717) is 51.0 Å². The molecule has 3 fully saturated rings. The van der Waals surface area contributed by atoms with Crippen LogP contribution in [0.25, 0.3) is 0 Å². The average Bonchev–Trinajstić information content (AvgIpc) is 1.58. The van der Waals surface area contributed by atoms with Crippen LogP contribution < -0.4 is 0 Å². The van der Waals surface area contributed by atoms with Crippen molar-refractivity contribution in [2.75, 3.05) is 0 Å². The lowest BCUT2D eigenvalue weighted by Crippen LogP contribution is -2.44. The summed E-state index contributed by atoms with van der Waals surface area (Å²) >= 11 is 0. The van der Waals surface area contributed by atoms with Gasteiger partial charge in [0.15, 0.2) is 43.1 Å². The van der Waals surface area contributed by atoms with Crippen LogP contribution >= 0.6 is 0 Å². The molecular formula is C73H94F2O16S2. The summed E-state index contributed by atoms with van der Waals surface area (Å²) in [6.07, 6.45) is 5.49. The van der Waals surface area contributed by atoms with Crippen LogP contribution in [0.4, 0.5) is 8.78 Å². The second-order valence-corrected chi connectivity index (χ2v) is 30.2. The third kappa shape index (κ3) is 19.0. The van der Waals surface area contributed by atoms with Gasteiger partial charge in [0, 0.05) is 17.5 Å². The fraction of sp³-hybridized carbons (Fsp3) is 0.521. The number of alkyl halides is 2. The number of carbonyl (C=O) groups is 5. The minimum absolute atomic E-state index is 0.0146. The van der Waals surface area contributed by atoms with E-state index in [-0.39, 0.29) is 82.0 Å². The smallest absolute Gasteiger partial charge is 0.369 e. The molecule has 2 bridgehead atoms. The Hall–Kier alpha value is -6.87. The quantitative estimate of drug-likeness (QED) is 0.0220. The number of benzene rings is 5. The van der Waals surface area contributed by atoms with E-state index in [0.717, 1.165) is 37.7 Å². The molecule has 10 rings (SSSR count). The van der Waals surface area contributed by atoms with Gasteiger partial charge in [-0.2, -0.15) is 8.78 Å². The summed E-state index contributed by atoms with van der Waals surface area (Å²) in [5.74, 6) is -1.48. The molecule has 3 saturated heterocycles. The molecule has 0 amide bonds. The molecule has 8 unspecified atom stereocenters. The highest BCUT2D eigenvalue weighted by Gasteiger charge is 2.65. The SMILES string of the molecule is CCC(C)(C)C(=O)OC(C)C(F)(F)S(=O)(=O)[O-].CCC(C)(C)C(=O)OC1C2CC3C(=O)OC1C3O2.CCC(C)(C)C(=O)OC1CCCCc2ccccc21.CCC(C)(C)C(=O)OC1CCc2c(O)ccc(O)c2C1.c1ccc([S+](c2ccccc2)c2ccccc2)cc1. The van der Waals surface area contributed by atoms with Gasteiger partial charge < -0.3 is 43.2 Å². The maximum atomic E-state index is 13.0. The van der Waals surface area contributed by atoms with Gasteiger partial charge in [0.1, 0.15) is 29.8 Å². The van der Waals surface area contributed by atoms with Gasteiger partial charge in [-0.1, -0.05) is 107 Å². The van der Waals surface area contributed by atoms with E-state index in [1.54, 1.807) is 6.92 Å². The molecule has 5 aromatic carbocycles. The van der Waals surface area contributed by atoms with Gasteiger partial charge in [-0.25, -0.2) is 8.42 Å². The van der Waals surface area contributed by atoms with Crippen molar-refractivity contribution in [2.45, 2.75) is 230 Å². The molecule has 2 aliphatic carbocycles. The maximum Gasteiger partial charge on any atom is 0.369 e. The monoisotopic (exact) mass is 1330 g/mol. The molecule has 3 aliphatic heterocycles. The Bertz CT molecular complexity index is 3340. The molecule has 2 N–H and O–H groups in total. The minimum Gasteiger partial charge on any atom is -0.743 e. The second kappa shape index (κ2) is 32.0. The number of rotatable bonds is 17. The first kappa shape index (κ1) is 75.2. The van der Waals surface area contributed by atoms with Gasteiger partial charge >= 0.3 is 35.1 Å². The van der Waals surface area contributed by atoms with Gasteiger partial charge in [0.25, 0.3) is 0 Å². The Morgan fingerprint density at radius 3 is 1.55 bits per heavy atom. The van der Waals surface area contributed by atoms with Crippen LogP contribution in [0, 0.1) is 27.6 Å². The lowest BCUT2D eigenvalue weighted by atomic mass is 9.87. The summed E-state index contributed by atoms with van der Waals surface area (Å²) in [7, 11) is -5.87. The van der Waals surface area contributed by atoms with E-state index >= 15 is 0 Å². The second-order valence-electron chi connectivity index (χ2n) is 26.7.